The van der Waals surface area contributed by atoms with Gasteiger partial charge in [-0.05, 0) is 42.0 Å². The van der Waals surface area contributed by atoms with Gasteiger partial charge in [0.1, 0.15) is 5.75 Å². The number of rotatable bonds is 3. The Morgan fingerprint density at radius 2 is 1.71 bits per heavy atom. The van der Waals surface area contributed by atoms with Crippen LogP contribution in [0.5, 0.6) is 5.75 Å². The summed E-state index contributed by atoms with van der Waals surface area (Å²) in [6.45, 7) is 0. The smallest absolute Gasteiger partial charge is 0.190 e. The summed E-state index contributed by atoms with van der Waals surface area (Å²) in [6.07, 6.45) is 2.11. The van der Waals surface area contributed by atoms with E-state index in [0.29, 0.717) is 0 Å². The van der Waals surface area contributed by atoms with Crippen LogP contribution in [0.15, 0.2) is 65.8 Å². The second kappa shape index (κ2) is 5.97. The highest BCUT2D eigenvalue weighted by Crippen LogP contribution is 2.24. The highest BCUT2D eigenvalue weighted by atomic mass is 32.1. The molecule has 0 amide bonds. The van der Waals surface area contributed by atoms with Crippen LogP contribution < -0.4 is 9.54 Å². The first kappa shape index (κ1) is 13.6. The highest BCUT2D eigenvalue weighted by molar-refractivity contribution is 7.12. The molecule has 1 aromatic heterocycles. The van der Waals surface area contributed by atoms with Crippen molar-refractivity contribution >= 4 is 17.0 Å². The summed E-state index contributed by atoms with van der Waals surface area (Å²) in [5.41, 5.74) is 2.14. The first-order valence-electron chi connectivity index (χ1n) is 6.67. The quantitative estimate of drug-likeness (QED) is 0.717. The minimum atomic E-state index is 0.869. The third-order valence-corrected chi connectivity index (χ3v) is 4.29. The average Bonchev–Trinajstić information content (AvgIpc) is 2.89. The summed E-state index contributed by atoms with van der Waals surface area (Å²) in [6, 6.07) is 18.1. The van der Waals surface area contributed by atoms with Gasteiger partial charge in [0.25, 0.3) is 0 Å². The predicted molar refractivity (Wildman–Crippen MR) is 86.9 cm³/mol. The number of hydrogen-bond acceptors (Lipinski definition) is 3. The second-order valence-corrected chi connectivity index (χ2v) is 5.67. The molecular formula is C17H16N2OS. The molecule has 0 atom stereocenters. The number of aryl methyl sites for hydroxylation is 1. The molecule has 0 fully saturated rings. The lowest BCUT2D eigenvalue weighted by molar-refractivity contribution is 0.415. The van der Waals surface area contributed by atoms with Crippen molar-refractivity contribution in [1.82, 2.24) is 4.57 Å². The second-order valence-electron chi connectivity index (χ2n) is 4.66. The molecule has 2 aromatic carbocycles. The third-order valence-electron chi connectivity index (χ3n) is 3.17. The van der Waals surface area contributed by atoms with E-state index >= 15 is 0 Å². The number of ether oxygens (including phenoxy) is 1. The van der Waals surface area contributed by atoms with Crippen LogP contribution in [-0.2, 0) is 7.05 Å². The lowest BCUT2D eigenvalue weighted by Gasteiger charge is -2.00. The fourth-order valence-corrected chi connectivity index (χ4v) is 3.04. The Bertz CT molecular complexity index is 786. The Balaban J connectivity index is 1.99. The van der Waals surface area contributed by atoms with Crippen LogP contribution in [-0.4, -0.2) is 11.7 Å². The minimum Gasteiger partial charge on any atom is -0.497 e. The molecule has 0 unspecified atom stereocenters. The van der Waals surface area contributed by atoms with E-state index in [9.17, 15) is 0 Å². The van der Waals surface area contributed by atoms with Crippen molar-refractivity contribution in [2.45, 2.75) is 0 Å². The molecule has 3 aromatic rings. The first-order chi connectivity index (χ1) is 10.3. The molecule has 0 bridgehead atoms. The van der Waals surface area contributed by atoms with Gasteiger partial charge in [-0.25, -0.2) is 4.99 Å². The van der Waals surface area contributed by atoms with Crippen molar-refractivity contribution in [1.29, 1.82) is 0 Å². The molecule has 3 rings (SSSR count). The van der Waals surface area contributed by atoms with Gasteiger partial charge in [-0.3, -0.25) is 0 Å². The number of methoxy groups -OCH3 is 1. The zero-order valence-electron chi connectivity index (χ0n) is 12.0. The summed E-state index contributed by atoms with van der Waals surface area (Å²) in [5, 5.41) is 0. The van der Waals surface area contributed by atoms with Gasteiger partial charge < -0.3 is 9.30 Å². The fourth-order valence-electron chi connectivity index (χ4n) is 2.03. The maximum absolute atomic E-state index is 5.19. The topological polar surface area (TPSA) is 26.5 Å². The van der Waals surface area contributed by atoms with E-state index in [0.717, 1.165) is 16.2 Å². The van der Waals surface area contributed by atoms with E-state index in [1.54, 1.807) is 18.4 Å². The van der Waals surface area contributed by atoms with Gasteiger partial charge in [-0.2, -0.15) is 0 Å². The van der Waals surface area contributed by atoms with Gasteiger partial charge >= 0.3 is 0 Å². The predicted octanol–water partition coefficient (Wildman–Crippen LogP) is 3.99. The number of benzene rings is 2. The van der Waals surface area contributed by atoms with Crippen LogP contribution in [0.2, 0.25) is 0 Å². The molecule has 0 saturated heterocycles. The molecule has 21 heavy (non-hydrogen) atoms. The SMILES string of the molecule is COc1ccc(-c2cn(C)c(=Nc3ccccc3)s2)cc1. The maximum atomic E-state index is 5.19. The standard InChI is InChI=1S/C17H16N2OS/c1-19-12-16(13-8-10-15(20-2)11-9-13)21-17(19)18-14-6-4-3-5-7-14/h3-12H,1-2H3. The minimum absolute atomic E-state index is 0.869. The average molecular weight is 296 g/mol. The van der Waals surface area contributed by atoms with Crippen molar-refractivity contribution in [3.05, 3.63) is 65.6 Å². The van der Waals surface area contributed by atoms with Gasteiger partial charge in [0.05, 0.1) is 17.7 Å². The van der Waals surface area contributed by atoms with Gasteiger partial charge in [-0.15, -0.1) is 0 Å². The number of thiazole rings is 1. The van der Waals surface area contributed by atoms with Gasteiger partial charge in [0.15, 0.2) is 4.80 Å². The summed E-state index contributed by atoms with van der Waals surface area (Å²) in [5.74, 6) is 0.869. The molecule has 0 aliphatic carbocycles. The number of aromatic nitrogens is 1. The Hall–Kier alpha value is -2.33. The molecular weight excluding hydrogens is 280 g/mol. The molecule has 0 radical (unpaired) electrons. The Morgan fingerprint density at radius 3 is 2.38 bits per heavy atom. The Morgan fingerprint density at radius 1 is 1.00 bits per heavy atom. The monoisotopic (exact) mass is 296 g/mol. The molecule has 0 N–H and O–H groups in total. The van der Waals surface area contributed by atoms with E-state index < -0.39 is 0 Å². The molecule has 1 heterocycles. The Labute approximate surface area is 127 Å². The van der Waals surface area contributed by atoms with Crippen molar-refractivity contribution in [2.24, 2.45) is 12.0 Å². The zero-order valence-corrected chi connectivity index (χ0v) is 12.8. The zero-order chi connectivity index (χ0) is 14.7. The molecule has 4 heteroatoms. The summed E-state index contributed by atoms with van der Waals surface area (Å²) >= 11 is 1.68. The van der Waals surface area contributed by atoms with Gasteiger partial charge in [0.2, 0.25) is 0 Å². The highest BCUT2D eigenvalue weighted by Gasteiger charge is 2.03. The third kappa shape index (κ3) is 3.06. The van der Waals surface area contributed by atoms with Crippen LogP contribution >= 0.6 is 11.3 Å². The molecule has 106 valence electrons. The largest absolute Gasteiger partial charge is 0.497 e. The molecule has 0 saturated carbocycles. The van der Waals surface area contributed by atoms with E-state index in [-0.39, 0.29) is 0 Å². The van der Waals surface area contributed by atoms with E-state index in [4.69, 9.17) is 4.74 Å². The molecule has 0 aliphatic rings. The van der Waals surface area contributed by atoms with Crippen LogP contribution in [0.1, 0.15) is 0 Å². The fraction of sp³-hybridized carbons (Fsp3) is 0.118. The van der Waals surface area contributed by atoms with Crippen LogP contribution in [0.4, 0.5) is 5.69 Å². The van der Waals surface area contributed by atoms with Crippen molar-refractivity contribution < 1.29 is 4.74 Å². The summed E-state index contributed by atoms with van der Waals surface area (Å²) in [4.78, 5) is 6.85. The van der Waals surface area contributed by atoms with Crippen molar-refractivity contribution in [2.75, 3.05) is 7.11 Å². The van der Waals surface area contributed by atoms with E-state index in [1.807, 2.05) is 49.5 Å². The van der Waals surface area contributed by atoms with E-state index in [2.05, 4.69) is 27.9 Å². The summed E-state index contributed by atoms with van der Waals surface area (Å²) in [7, 11) is 3.70. The van der Waals surface area contributed by atoms with Crippen molar-refractivity contribution in [3.63, 3.8) is 0 Å². The normalized spacial score (nSPS) is 11.6. The van der Waals surface area contributed by atoms with Crippen molar-refractivity contribution in [3.8, 4) is 16.2 Å². The van der Waals surface area contributed by atoms with Crippen LogP contribution in [0, 0.1) is 0 Å². The molecule has 0 aliphatic heterocycles. The number of nitrogens with zero attached hydrogens (tertiary/aromatic N) is 2. The first-order valence-corrected chi connectivity index (χ1v) is 7.48. The lowest BCUT2D eigenvalue weighted by atomic mass is 10.2. The Kier molecular flexibility index (Phi) is 3.88. The lowest BCUT2D eigenvalue weighted by Crippen LogP contribution is -2.07. The number of para-hydroxylation sites is 1. The van der Waals surface area contributed by atoms with Gasteiger partial charge in [0, 0.05) is 13.2 Å². The summed E-state index contributed by atoms with van der Waals surface area (Å²) < 4.78 is 7.25. The molecule has 0 spiro atoms. The molecule has 3 nitrogen and oxygen atoms in total. The van der Waals surface area contributed by atoms with Crippen LogP contribution in [0.3, 0.4) is 0 Å². The van der Waals surface area contributed by atoms with Gasteiger partial charge in [-0.1, -0.05) is 29.5 Å². The maximum Gasteiger partial charge on any atom is 0.190 e. The van der Waals surface area contributed by atoms with Crippen LogP contribution in [0.25, 0.3) is 10.4 Å². The van der Waals surface area contributed by atoms with E-state index in [1.165, 1.54) is 10.4 Å². The number of hydrogen-bond donors (Lipinski definition) is 0.